The number of hydrazine groups is 1. The molecule has 0 aromatic heterocycles. The lowest BCUT2D eigenvalue weighted by Crippen LogP contribution is -2.12. The first-order valence-corrected chi connectivity index (χ1v) is 3.11. The van der Waals surface area contributed by atoms with Crippen LogP contribution in [0.1, 0.15) is 5.56 Å². The molecule has 0 bridgehead atoms. The van der Waals surface area contributed by atoms with Gasteiger partial charge in [0.15, 0.2) is 0 Å². The number of benzene rings is 1. The standard InChI is InChI=1S/C8H10N2.ClH/c9-10-7-6-8-4-2-1-3-5-8;/h1-7,10H,9H2;1H. The maximum Gasteiger partial charge on any atom is 0.0129 e. The van der Waals surface area contributed by atoms with E-state index in [9.17, 15) is 0 Å². The highest BCUT2D eigenvalue weighted by Crippen LogP contribution is 1.98. The monoisotopic (exact) mass is 170 g/mol. The van der Waals surface area contributed by atoms with E-state index in [1.807, 2.05) is 36.4 Å². The van der Waals surface area contributed by atoms with E-state index in [0.717, 1.165) is 5.56 Å². The molecule has 0 saturated carbocycles. The van der Waals surface area contributed by atoms with Gasteiger partial charge >= 0.3 is 0 Å². The zero-order valence-corrected chi connectivity index (χ0v) is 6.84. The molecule has 0 aliphatic rings. The third kappa shape index (κ3) is 3.65. The number of nitrogens with one attached hydrogen (secondary N) is 1. The van der Waals surface area contributed by atoms with Crippen LogP contribution in [0.5, 0.6) is 0 Å². The van der Waals surface area contributed by atoms with Crippen molar-refractivity contribution in [2.75, 3.05) is 0 Å². The van der Waals surface area contributed by atoms with Gasteiger partial charge in [0.1, 0.15) is 0 Å². The number of halogens is 1. The molecule has 0 atom stereocenters. The van der Waals surface area contributed by atoms with Gasteiger partial charge in [-0.25, -0.2) is 0 Å². The van der Waals surface area contributed by atoms with Crippen molar-refractivity contribution in [3.05, 3.63) is 42.1 Å². The zero-order valence-electron chi connectivity index (χ0n) is 6.03. The van der Waals surface area contributed by atoms with Crippen LogP contribution in [0.3, 0.4) is 0 Å². The minimum absolute atomic E-state index is 0. The third-order valence-corrected chi connectivity index (χ3v) is 1.17. The molecule has 0 heterocycles. The van der Waals surface area contributed by atoms with Gasteiger partial charge in [-0.3, -0.25) is 5.84 Å². The smallest absolute Gasteiger partial charge is 0.0129 e. The summed E-state index contributed by atoms with van der Waals surface area (Å²) < 4.78 is 0. The summed E-state index contributed by atoms with van der Waals surface area (Å²) in [5.74, 6) is 5.04. The molecular formula is C8H11ClN2. The van der Waals surface area contributed by atoms with E-state index < -0.39 is 0 Å². The summed E-state index contributed by atoms with van der Waals surface area (Å²) in [6, 6.07) is 9.96. The van der Waals surface area contributed by atoms with E-state index in [1.54, 1.807) is 6.20 Å². The summed E-state index contributed by atoms with van der Waals surface area (Å²) >= 11 is 0. The first-order chi connectivity index (χ1) is 4.93. The topological polar surface area (TPSA) is 38.0 Å². The van der Waals surface area contributed by atoms with Crippen molar-refractivity contribution in [1.29, 1.82) is 0 Å². The van der Waals surface area contributed by atoms with E-state index in [1.165, 1.54) is 0 Å². The predicted octanol–water partition coefficient (Wildman–Crippen LogP) is 1.54. The molecule has 0 radical (unpaired) electrons. The summed E-state index contributed by atoms with van der Waals surface area (Å²) in [7, 11) is 0. The van der Waals surface area contributed by atoms with Crippen LogP contribution in [0.25, 0.3) is 6.08 Å². The van der Waals surface area contributed by atoms with Gasteiger partial charge in [0.05, 0.1) is 0 Å². The summed E-state index contributed by atoms with van der Waals surface area (Å²) in [5.41, 5.74) is 3.57. The predicted molar refractivity (Wildman–Crippen MR) is 50.0 cm³/mol. The lowest BCUT2D eigenvalue weighted by molar-refractivity contribution is 0.974. The van der Waals surface area contributed by atoms with Gasteiger partial charge in [-0.2, -0.15) is 0 Å². The van der Waals surface area contributed by atoms with E-state index in [0.29, 0.717) is 0 Å². The second kappa shape index (κ2) is 5.77. The number of nitrogens with two attached hydrogens (primary N) is 1. The molecule has 2 nitrogen and oxygen atoms in total. The van der Waals surface area contributed by atoms with Crippen LogP contribution in [0.4, 0.5) is 0 Å². The largest absolute Gasteiger partial charge is 0.331 e. The van der Waals surface area contributed by atoms with E-state index >= 15 is 0 Å². The molecule has 0 amide bonds. The van der Waals surface area contributed by atoms with Gasteiger partial charge in [0, 0.05) is 6.20 Å². The fourth-order valence-electron chi connectivity index (χ4n) is 0.708. The van der Waals surface area contributed by atoms with Crippen LogP contribution in [0, 0.1) is 0 Å². The Kier molecular flexibility index (Phi) is 5.25. The first-order valence-electron chi connectivity index (χ1n) is 3.11. The van der Waals surface area contributed by atoms with E-state index in [2.05, 4.69) is 5.43 Å². The average molecular weight is 171 g/mol. The van der Waals surface area contributed by atoms with Crippen LogP contribution in [-0.2, 0) is 0 Å². The van der Waals surface area contributed by atoms with Crippen molar-refractivity contribution in [3.8, 4) is 0 Å². The van der Waals surface area contributed by atoms with Crippen molar-refractivity contribution < 1.29 is 0 Å². The third-order valence-electron chi connectivity index (χ3n) is 1.17. The molecule has 0 aliphatic carbocycles. The Bertz CT molecular complexity index is 209. The molecule has 1 aromatic rings. The fraction of sp³-hybridized carbons (Fsp3) is 0. The van der Waals surface area contributed by atoms with E-state index in [-0.39, 0.29) is 12.4 Å². The second-order valence-electron chi connectivity index (χ2n) is 1.91. The van der Waals surface area contributed by atoms with Crippen molar-refractivity contribution >= 4 is 18.5 Å². The van der Waals surface area contributed by atoms with Gasteiger partial charge in [0.25, 0.3) is 0 Å². The molecule has 0 saturated heterocycles. The van der Waals surface area contributed by atoms with Crippen molar-refractivity contribution in [3.63, 3.8) is 0 Å². The number of hydrogen-bond donors (Lipinski definition) is 2. The summed E-state index contributed by atoms with van der Waals surface area (Å²) in [6.45, 7) is 0. The first kappa shape index (κ1) is 10.0. The van der Waals surface area contributed by atoms with Crippen molar-refractivity contribution in [2.24, 2.45) is 5.84 Å². The highest BCUT2D eigenvalue weighted by molar-refractivity contribution is 5.85. The summed E-state index contributed by atoms with van der Waals surface area (Å²) in [5, 5.41) is 0. The average Bonchev–Trinajstić information content (AvgIpc) is 2.03. The zero-order chi connectivity index (χ0) is 7.23. The van der Waals surface area contributed by atoms with Crippen LogP contribution < -0.4 is 11.3 Å². The highest BCUT2D eigenvalue weighted by Gasteiger charge is 1.78. The molecule has 0 spiro atoms. The quantitative estimate of drug-likeness (QED) is 0.522. The van der Waals surface area contributed by atoms with Gasteiger partial charge in [-0.05, 0) is 11.6 Å². The maximum atomic E-state index is 5.04. The normalized spacial score (nSPS) is 9.18. The van der Waals surface area contributed by atoms with Gasteiger partial charge in [-0.15, -0.1) is 12.4 Å². The van der Waals surface area contributed by atoms with Crippen LogP contribution in [0.2, 0.25) is 0 Å². The lowest BCUT2D eigenvalue weighted by atomic mass is 10.2. The fourth-order valence-corrected chi connectivity index (χ4v) is 0.708. The Balaban J connectivity index is 0.000001000. The SMILES string of the molecule is Cl.NNC=Cc1ccccc1. The van der Waals surface area contributed by atoms with Gasteiger partial charge in [0.2, 0.25) is 0 Å². The minimum atomic E-state index is 0. The van der Waals surface area contributed by atoms with Crippen molar-refractivity contribution in [2.45, 2.75) is 0 Å². The maximum absolute atomic E-state index is 5.04. The Morgan fingerprint density at radius 1 is 1.18 bits per heavy atom. The number of rotatable bonds is 2. The number of hydrogen-bond acceptors (Lipinski definition) is 2. The molecule has 0 aliphatic heterocycles. The molecule has 60 valence electrons. The molecule has 11 heavy (non-hydrogen) atoms. The molecule has 1 rings (SSSR count). The summed E-state index contributed by atoms with van der Waals surface area (Å²) in [4.78, 5) is 0. The molecule has 3 heteroatoms. The van der Waals surface area contributed by atoms with Gasteiger partial charge in [-0.1, -0.05) is 30.3 Å². The van der Waals surface area contributed by atoms with Crippen molar-refractivity contribution in [1.82, 2.24) is 5.43 Å². The van der Waals surface area contributed by atoms with E-state index in [4.69, 9.17) is 5.84 Å². The van der Waals surface area contributed by atoms with Crippen LogP contribution >= 0.6 is 12.4 Å². The molecule has 3 N–H and O–H groups in total. The van der Waals surface area contributed by atoms with Crippen LogP contribution in [-0.4, -0.2) is 0 Å². The minimum Gasteiger partial charge on any atom is -0.331 e. The Morgan fingerprint density at radius 3 is 2.36 bits per heavy atom. The Labute approximate surface area is 72.5 Å². The molecule has 0 fully saturated rings. The highest BCUT2D eigenvalue weighted by atomic mass is 35.5. The molecule has 0 unspecified atom stereocenters. The summed E-state index contributed by atoms with van der Waals surface area (Å²) in [6.07, 6.45) is 3.59. The molecular weight excluding hydrogens is 160 g/mol. The Morgan fingerprint density at radius 2 is 1.82 bits per heavy atom. The second-order valence-corrected chi connectivity index (χ2v) is 1.91. The Hall–Kier alpha value is -0.990. The van der Waals surface area contributed by atoms with Gasteiger partial charge < -0.3 is 5.43 Å². The van der Waals surface area contributed by atoms with Crippen LogP contribution in [0.15, 0.2) is 36.5 Å². The molecule has 1 aromatic carbocycles. The lowest BCUT2D eigenvalue weighted by Gasteiger charge is -1.89.